The fourth-order valence-corrected chi connectivity index (χ4v) is 7.35. The minimum atomic E-state index is -5.93. The van der Waals surface area contributed by atoms with Crippen LogP contribution in [0.1, 0.15) is 54.0 Å². The van der Waals surface area contributed by atoms with Crippen molar-refractivity contribution in [1.82, 2.24) is 4.31 Å². The zero-order valence-corrected chi connectivity index (χ0v) is 25.2. The third-order valence-electron chi connectivity index (χ3n) is 7.16. The topological polar surface area (TPSA) is 116 Å². The lowest BCUT2D eigenvalue weighted by molar-refractivity contribution is -0.211. The second-order valence-electron chi connectivity index (χ2n) is 10.0. The number of benzene rings is 3. The first kappa shape index (κ1) is 32.3. The highest BCUT2D eigenvalue weighted by molar-refractivity contribution is 7.89. The average molecular weight is 642 g/mol. The Hall–Kier alpha value is -3.62. The fraction of sp³-hybridized carbons (Fsp3) is 0.345. The van der Waals surface area contributed by atoms with Crippen LogP contribution in [-0.2, 0) is 49.2 Å². The summed E-state index contributed by atoms with van der Waals surface area (Å²) in [5.74, 6) is -1.45. The quantitative estimate of drug-likeness (QED) is 0.122. The van der Waals surface area contributed by atoms with Gasteiger partial charge in [-0.15, -0.1) is 0 Å². The summed E-state index contributed by atoms with van der Waals surface area (Å²) in [6.07, 6.45) is 1.41. The molecule has 0 N–H and O–H groups in total. The smallest absolute Gasteiger partial charge is 0.376 e. The SMILES string of the molecule is CCc1c(S(=O)(=O)N2Cc3cc(OS(=O)(=O)C(F)(F)F)ccc3C(CCc3ccccc3)C2)ccc(OOC(C)=O)c1C. The van der Waals surface area contributed by atoms with Gasteiger partial charge < -0.3 is 4.18 Å². The Morgan fingerprint density at radius 1 is 1.02 bits per heavy atom. The molecule has 3 aromatic carbocycles. The van der Waals surface area contributed by atoms with Crippen LogP contribution in [0.5, 0.6) is 11.5 Å². The van der Waals surface area contributed by atoms with Crippen LogP contribution in [0.3, 0.4) is 0 Å². The molecular formula is C29H30F3NO8S2. The number of sulfonamides is 1. The summed E-state index contributed by atoms with van der Waals surface area (Å²) in [4.78, 5) is 20.9. The van der Waals surface area contributed by atoms with Crippen LogP contribution >= 0.6 is 0 Å². The fourth-order valence-electron chi connectivity index (χ4n) is 5.08. The molecule has 1 atom stereocenters. The summed E-state index contributed by atoms with van der Waals surface area (Å²) >= 11 is 0. The van der Waals surface area contributed by atoms with E-state index in [1.165, 1.54) is 22.5 Å². The van der Waals surface area contributed by atoms with E-state index in [4.69, 9.17) is 4.89 Å². The van der Waals surface area contributed by atoms with Gasteiger partial charge in [0, 0.05) is 25.6 Å². The first-order chi connectivity index (χ1) is 20.1. The van der Waals surface area contributed by atoms with Crippen LogP contribution < -0.4 is 9.07 Å². The molecule has 1 aliphatic rings. The molecular weight excluding hydrogens is 611 g/mol. The third kappa shape index (κ3) is 7.13. The lowest BCUT2D eigenvalue weighted by Crippen LogP contribution is -2.39. The van der Waals surface area contributed by atoms with E-state index in [2.05, 4.69) is 9.07 Å². The lowest BCUT2D eigenvalue weighted by Gasteiger charge is -2.35. The minimum absolute atomic E-state index is 0.0000110. The van der Waals surface area contributed by atoms with Gasteiger partial charge in [0.05, 0.1) is 4.90 Å². The van der Waals surface area contributed by atoms with Crippen molar-refractivity contribution < 1.29 is 48.8 Å². The Kier molecular flexibility index (Phi) is 9.42. The predicted octanol–water partition coefficient (Wildman–Crippen LogP) is 5.56. The molecule has 0 amide bonds. The van der Waals surface area contributed by atoms with Crippen molar-refractivity contribution in [3.8, 4) is 11.5 Å². The summed E-state index contributed by atoms with van der Waals surface area (Å²) in [5.41, 5.74) is -2.70. The third-order valence-corrected chi connectivity index (χ3v) is 10.0. The number of carbonyl (C=O) groups is 1. The Bertz CT molecular complexity index is 1710. The van der Waals surface area contributed by atoms with E-state index in [0.717, 1.165) is 24.6 Å². The number of nitrogens with zero attached hydrogens (tertiary/aromatic N) is 1. The molecule has 1 aliphatic heterocycles. The molecule has 43 heavy (non-hydrogen) atoms. The molecule has 1 heterocycles. The first-order valence-electron chi connectivity index (χ1n) is 13.3. The monoisotopic (exact) mass is 641 g/mol. The normalized spacial score (nSPS) is 15.9. The van der Waals surface area contributed by atoms with Crippen LogP contribution in [0.25, 0.3) is 0 Å². The zero-order chi connectivity index (χ0) is 31.6. The molecule has 0 bridgehead atoms. The van der Waals surface area contributed by atoms with Crippen LogP contribution in [0.2, 0.25) is 0 Å². The first-order valence-corrected chi connectivity index (χ1v) is 16.1. The molecule has 0 saturated heterocycles. The van der Waals surface area contributed by atoms with Gasteiger partial charge in [0.25, 0.3) is 0 Å². The van der Waals surface area contributed by atoms with Crippen molar-refractivity contribution in [3.63, 3.8) is 0 Å². The number of aryl methyl sites for hydroxylation is 1. The Balaban J connectivity index is 1.73. The summed E-state index contributed by atoms with van der Waals surface area (Å²) in [5, 5.41) is 0. The van der Waals surface area contributed by atoms with E-state index in [9.17, 15) is 34.8 Å². The summed E-state index contributed by atoms with van der Waals surface area (Å²) in [7, 11) is -10.1. The van der Waals surface area contributed by atoms with Crippen LogP contribution in [0, 0.1) is 6.92 Å². The molecule has 1 unspecified atom stereocenters. The maximum atomic E-state index is 14.1. The maximum absolute atomic E-state index is 14.1. The number of hydrogen-bond donors (Lipinski definition) is 0. The van der Waals surface area contributed by atoms with Gasteiger partial charge in [-0.05, 0) is 78.6 Å². The molecule has 0 radical (unpaired) electrons. The van der Waals surface area contributed by atoms with Gasteiger partial charge in [0.2, 0.25) is 10.0 Å². The highest BCUT2D eigenvalue weighted by atomic mass is 32.2. The molecule has 0 saturated carbocycles. The number of carbonyl (C=O) groups excluding carboxylic acids is 1. The Labute approximate surface area is 248 Å². The van der Waals surface area contributed by atoms with E-state index in [1.54, 1.807) is 13.8 Å². The molecule has 0 spiro atoms. The molecule has 0 aromatic heterocycles. The Morgan fingerprint density at radius 2 is 1.72 bits per heavy atom. The van der Waals surface area contributed by atoms with Crippen LogP contribution in [0.4, 0.5) is 13.2 Å². The van der Waals surface area contributed by atoms with Gasteiger partial charge in [-0.25, -0.2) is 13.2 Å². The lowest BCUT2D eigenvalue weighted by atomic mass is 9.86. The number of alkyl halides is 3. The number of halogens is 3. The predicted molar refractivity (Wildman–Crippen MR) is 150 cm³/mol. The summed E-state index contributed by atoms with van der Waals surface area (Å²) in [6, 6.07) is 16.0. The molecule has 4 rings (SSSR count). The molecule has 0 fully saturated rings. The number of hydrogen-bond acceptors (Lipinski definition) is 8. The van der Waals surface area contributed by atoms with Crippen molar-refractivity contribution >= 4 is 26.1 Å². The molecule has 0 aliphatic carbocycles. The maximum Gasteiger partial charge on any atom is 0.534 e. The van der Waals surface area contributed by atoms with Gasteiger partial charge in [-0.2, -0.15) is 25.9 Å². The largest absolute Gasteiger partial charge is 0.534 e. The van der Waals surface area contributed by atoms with E-state index >= 15 is 0 Å². The van der Waals surface area contributed by atoms with Gasteiger partial charge in [0.15, 0.2) is 5.75 Å². The Morgan fingerprint density at radius 3 is 2.35 bits per heavy atom. The van der Waals surface area contributed by atoms with Crippen molar-refractivity contribution in [3.05, 3.63) is 88.5 Å². The molecule has 14 heteroatoms. The van der Waals surface area contributed by atoms with Crippen LogP contribution in [-0.4, -0.2) is 39.2 Å². The second-order valence-corrected chi connectivity index (χ2v) is 13.5. The van der Waals surface area contributed by atoms with Gasteiger partial charge >= 0.3 is 21.6 Å². The van der Waals surface area contributed by atoms with E-state index in [0.29, 0.717) is 41.5 Å². The number of rotatable bonds is 10. The van der Waals surface area contributed by atoms with Gasteiger partial charge in [-0.1, -0.05) is 43.3 Å². The van der Waals surface area contributed by atoms with Gasteiger partial charge in [0.1, 0.15) is 5.75 Å². The van der Waals surface area contributed by atoms with Gasteiger partial charge in [-0.3, -0.25) is 9.78 Å². The molecule has 9 nitrogen and oxygen atoms in total. The van der Waals surface area contributed by atoms with Crippen LogP contribution in [0.15, 0.2) is 65.6 Å². The standard InChI is InChI=1S/C29H30F3NO8S2/c1-4-25-19(2)27(40-39-20(3)34)14-15-28(25)42(35,36)33-17-22(11-10-21-8-6-5-7-9-21)26-13-12-24(16-23(26)18-33)41-43(37,38)29(30,31)32/h5-9,12-16,22H,4,10-11,17-18H2,1-3H3. The van der Waals surface area contributed by atoms with Crippen molar-refractivity contribution in [2.75, 3.05) is 6.54 Å². The van der Waals surface area contributed by atoms with Crippen molar-refractivity contribution in [2.45, 2.75) is 62.9 Å². The average Bonchev–Trinajstić information content (AvgIpc) is 2.94. The summed E-state index contributed by atoms with van der Waals surface area (Å²) in [6.45, 7) is 4.41. The van der Waals surface area contributed by atoms with E-state index < -0.39 is 37.4 Å². The molecule has 232 valence electrons. The highest BCUT2D eigenvalue weighted by Gasteiger charge is 2.48. The van der Waals surface area contributed by atoms with Crippen molar-refractivity contribution in [2.24, 2.45) is 0 Å². The highest BCUT2D eigenvalue weighted by Crippen LogP contribution is 2.39. The molecule has 3 aromatic rings. The minimum Gasteiger partial charge on any atom is -0.376 e. The number of fused-ring (bicyclic) bond motifs is 1. The zero-order valence-electron chi connectivity index (χ0n) is 23.5. The van der Waals surface area contributed by atoms with E-state index in [1.807, 2.05) is 30.3 Å². The van der Waals surface area contributed by atoms with E-state index in [-0.39, 0.29) is 29.7 Å². The second kappa shape index (κ2) is 12.5. The summed E-state index contributed by atoms with van der Waals surface area (Å²) < 4.78 is 96.0. The van der Waals surface area contributed by atoms with Crippen molar-refractivity contribution in [1.29, 1.82) is 0 Å².